The lowest BCUT2D eigenvalue weighted by molar-refractivity contribution is -0.143. The number of ether oxygens (including phenoxy) is 2. The number of rotatable bonds is 2. The molecule has 17 heavy (non-hydrogen) atoms. The SMILES string of the molecule is O=C(OC1CSC1)C1=Cc2ccccc2OC1. The summed E-state index contributed by atoms with van der Waals surface area (Å²) in [5, 5.41) is 0. The number of hydrogen-bond acceptors (Lipinski definition) is 4. The van der Waals surface area contributed by atoms with Crippen molar-refractivity contribution >= 4 is 23.8 Å². The minimum atomic E-state index is -0.246. The lowest BCUT2D eigenvalue weighted by Gasteiger charge is -2.26. The van der Waals surface area contributed by atoms with Crippen molar-refractivity contribution in [3.05, 3.63) is 35.4 Å². The molecular weight excluding hydrogens is 236 g/mol. The number of carbonyl (C=O) groups excluding carboxylic acids is 1. The van der Waals surface area contributed by atoms with Gasteiger partial charge in [-0.25, -0.2) is 4.79 Å². The Labute approximate surface area is 104 Å². The number of thioether (sulfide) groups is 1. The standard InChI is InChI=1S/C13H12O3S/c14-13(16-11-7-17-8-11)10-5-9-3-1-2-4-12(9)15-6-10/h1-5,11H,6-8H2. The fraction of sp³-hybridized carbons (Fsp3) is 0.308. The van der Waals surface area contributed by atoms with E-state index in [1.807, 2.05) is 30.3 Å². The van der Waals surface area contributed by atoms with E-state index in [1.165, 1.54) is 0 Å². The van der Waals surface area contributed by atoms with Gasteiger partial charge in [-0.15, -0.1) is 0 Å². The van der Waals surface area contributed by atoms with Crippen LogP contribution in [0.15, 0.2) is 29.8 Å². The zero-order chi connectivity index (χ0) is 11.7. The van der Waals surface area contributed by atoms with Crippen molar-refractivity contribution in [1.82, 2.24) is 0 Å². The molecule has 1 fully saturated rings. The van der Waals surface area contributed by atoms with Crippen LogP contribution in [-0.2, 0) is 9.53 Å². The largest absolute Gasteiger partial charge is 0.488 e. The van der Waals surface area contributed by atoms with Gasteiger partial charge < -0.3 is 9.47 Å². The predicted molar refractivity (Wildman–Crippen MR) is 67.1 cm³/mol. The molecule has 88 valence electrons. The smallest absolute Gasteiger partial charge is 0.337 e. The van der Waals surface area contributed by atoms with Gasteiger partial charge in [0.2, 0.25) is 0 Å². The van der Waals surface area contributed by atoms with E-state index in [2.05, 4.69) is 0 Å². The molecule has 3 nitrogen and oxygen atoms in total. The fourth-order valence-corrected chi connectivity index (χ4v) is 2.31. The van der Waals surface area contributed by atoms with E-state index >= 15 is 0 Å². The summed E-state index contributed by atoms with van der Waals surface area (Å²) in [4.78, 5) is 11.8. The maximum absolute atomic E-state index is 11.8. The summed E-state index contributed by atoms with van der Waals surface area (Å²) >= 11 is 1.79. The summed E-state index contributed by atoms with van der Waals surface area (Å²) in [6, 6.07) is 7.68. The van der Waals surface area contributed by atoms with Crippen molar-refractivity contribution in [2.75, 3.05) is 18.1 Å². The van der Waals surface area contributed by atoms with E-state index in [-0.39, 0.29) is 12.1 Å². The highest BCUT2D eigenvalue weighted by Gasteiger charge is 2.25. The molecular formula is C13H12O3S. The van der Waals surface area contributed by atoms with Crippen molar-refractivity contribution in [2.24, 2.45) is 0 Å². The first-order valence-corrected chi connectivity index (χ1v) is 6.69. The Hall–Kier alpha value is -1.42. The average molecular weight is 248 g/mol. The maximum atomic E-state index is 11.8. The highest BCUT2D eigenvalue weighted by molar-refractivity contribution is 8.00. The molecule has 2 aliphatic rings. The highest BCUT2D eigenvalue weighted by atomic mass is 32.2. The lowest BCUT2D eigenvalue weighted by Crippen LogP contribution is -2.32. The molecule has 4 heteroatoms. The van der Waals surface area contributed by atoms with Crippen LogP contribution < -0.4 is 4.74 Å². The molecule has 0 unspecified atom stereocenters. The summed E-state index contributed by atoms with van der Waals surface area (Å²) in [6.45, 7) is 0.301. The van der Waals surface area contributed by atoms with Gasteiger partial charge >= 0.3 is 5.97 Å². The molecule has 1 aromatic rings. The van der Waals surface area contributed by atoms with Crippen LogP contribution in [0.3, 0.4) is 0 Å². The number of para-hydroxylation sites is 1. The van der Waals surface area contributed by atoms with E-state index in [4.69, 9.17) is 9.47 Å². The zero-order valence-electron chi connectivity index (χ0n) is 9.22. The molecule has 0 N–H and O–H groups in total. The number of fused-ring (bicyclic) bond motifs is 1. The minimum Gasteiger partial charge on any atom is -0.488 e. The van der Waals surface area contributed by atoms with Gasteiger partial charge in [0.15, 0.2) is 0 Å². The van der Waals surface area contributed by atoms with Gasteiger partial charge in [0.25, 0.3) is 0 Å². The molecule has 0 saturated carbocycles. The number of benzene rings is 1. The van der Waals surface area contributed by atoms with Crippen molar-refractivity contribution in [1.29, 1.82) is 0 Å². The first-order valence-electron chi connectivity index (χ1n) is 5.54. The van der Waals surface area contributed by atoms with Crippen LogP contribution in [-0.4, -0.2) is 30.2 Å². The topological polar surface area (TPSA) is 35.5 Å². The van der Waals surface area contributed by atoms with Crippen LogP contribution >= 0.6 is 11.8 Å². The van der Waals surface area contributed by atoms with Gasteiger partial charge in [-0.2, -0.15) is 11.8 Å². The molecule has 0 radical (unpaired) electrons. The van der Waals surface area contributed by atoms with Crippen molar-refractivity contribution in [3.8, 4) is 5.75 Å². The van der Waals surface area contributed by atoms with Gasteiger partial charge in [-0.1, -0.05) is 18.2 Å². The highest BCUT2D eigenvalue weighted by Crippen LogP contribution is 2.27. The molecule has 0 bridgehead atoms. The van der Waals surface area contributed by atoms with Crippen LogP contribution in [0.2, 0.25) is 0 Å². The van der Waals surface area contributed by atoms with Gasteiger partial charge in [-0.05, 0) is 12.1 Å². The average Bonchev–Trinajstić information content (AvgIpc) is 2.33. The fourth-order valence-electron chi connectivity index (χ4n) is 1.74. The van der Waals surface area contributed by atoms with E-state index in [1.54, 1.807) is 11.8 Å². The minimum absolute atomic E-state index is 0.0885. The van der Waals surface area contributed by atoms with Crippen molar-refractivity contribution in [3.63, 3.8) is 0 Å². The van der Waals surface area contributed by atoms with Crippen LogP contribution in [0, 0.1) is 0 Å². The Morgan fingerprint density at radius 3 is 2.94 bits per heavy atom. The molecule has 1 aromatic carbocycles. The Bertz CT molecular complexity index is 477. The molecule has 2 heterocycles. The van der Waals surface area contributed by atoms with Crippen LogP contribution in [0.1, 0.15) is 5.56 Å². The summed E-state index contributed by atoms with van der Waals surface area (Å²) in [5.41, 5.74) is 1.54. The van der Waals surface area contributed by atoms with E-state index in [9.17, 15) is 4.79 Å². The van der Waals surface area contributed by atoms with Gasteiger partial charge in [0.05, 0.1) is 5.57 Å². The zero-order valence-corrected chi connectivity index (χ0v) is 10.0. The van der Waals surface area contributed by atoms with Crippen molar-refractivity contribution < 1.29 is 14.3 Å². The first kappa shape index (κ1) is 10.7. The molecule has 0 amide bonds. The Morgan fingerprint density at radius 1 is 1.35 bits per heavy atom. The monoisotopic (exact) mass is 248 g/mol. The number of esters is 1. The summed E-state index contributed by atoms with van der Waals surface area (Å²) < 4.78 is 10.8. The molecule has 0 aliphatic carbocycles. The van der Waals surface area contributed by atoms with E-state index in [0.717, 1.165) is 22.8 Å². The van der Waals surface area contributed by atoms with Gasteiger partial charge in [0, 0.05) is 17.1 Å². The van der Waals surface area contributed by atoms with Crippen LogP contribution in [0.25, 0.3) is 6.08 Å². The quantitative estimate of drug-likeness (QED) is 0.751. The molecule has 0 atom stereocenters. The molecule has 0 spiro atoms. The number of hydrogen-bond donors (Lipinski definition) is 0. The second-order valence-corrected chi connectivity index (χ2v) is 5.14. The Morgan fingerprint density at radius 2 is 2.18 bits per heavy atom. The number of carbonyl (C=O) groups is 1. The second kappa shape index (κ2) is 4.45. The summed E-state index contributed by atoms with van der Waals surface area (Å²) in [7, 11) is 0. The third-order valence-corrected chi connectivity index (χ3v) is 3.99. The van der Waals surface area contributed by atoms with Crippen LogP contribution in [0.5, 0.6) is 5.75 Å². The second-order valence-electron chi connectivity index (χ2n) is 4.06. The summed E-state index contributed by atoms with van der Waals surface area (Å²) in [5.74, 6) is 2.40. The normalized spacial score (nSPS) is 18.5. The molecule has 1 saturated heterocycles. The Kier molecular flexibility index (Phi) is 2.81. The van der Waals surface area contributed by atoms with E-state index < -0.39 is 0 Å². The third-order valence-electron chi connectivity index (χ3n) is 2.78. The third kappa shape index (κ3) is 2.17. The first-order chi connectivity index (χ1) is 8.33. The van der Waals surface area contributed by atoms with Crippen molar-refractivity contribution in [2.45, 2.75) is 6.10 Å². The molecule has 0 aromatic heterocycles. The van der Waals surface area contributed by atoms with Gasteiger partial charge in [0.1, 0.15) is 18.5 Å². The molecule has 3 rings (SSSR count). The molecule has 2 aliphatic heterocycles. The maximum Gasteiger partial charge on any atom is 0.337 e. The predicted octanol–water partition coefficient (Wildman–Crippen LogP) is 2.12. The Balaban J connectivity index is 1.76. The van der Waals surface area contributed by atoms with Gasteiger partial charge in [-0.3, -0.25) is 0 Å². The van der Waals surface area contributed by atoms with Crippen LogP contribution in [0.4, 0.5) is 0 Å². The van der Waals surface area contributed by atoms with E-state index in [0.29, 0.717) is 12.2 Å². The summed E-state index contributed by atoms with van der Waals surface area (Å²) in [6.07, 6.45) is 1.94. The lowest BCUT2D eigenvalue weighted by atomic mass is 10.1.